The van der Waals surface area contributed by atoms with E-state index in [2.05, 4.69) is 5.32 Å². The number of benzene rings is 2. The van der Waals surface area contributed by atoms with Crippen LogP contribution in [0.2, 0.25) is 0 Å². The molecule has 1 N–H and O–H groups in total. The van der Waals surface area contributed by atoms with E-state index in [1.165, 1.54) is 14.2 Å². The van der Waals surface area contributed by atoms with Crippen LogP contribution in [-0.4, -0.2) is 32.6 Å². The summed E-state index contributed by atoms with van der Waals surface area (Å²) in [6.45, 7) is 1.65. The van der Waals surface area contributed by atoms with Gasteiger partial charge in [0.1, 0.15) is 23.8 Å². The van der Waals surface area contributed by atoms with E-state index in [1.807, 2.05) is 13.0 Å². The standard InChI is InChI=1S/C18H19NO5/c1-12-5-4-6-14(7-12)24-17(20)11-19-18(21)13-8-15(22-2)10-16(9-13)23-3/h4-10H,11H2,1-3H3,(H,19,21). The summed E-state index contributed by atoms with van der Waals surface area (Å²) in [5.41, 5.74) is 1.31. The van der Waals surface area contributed by atoms with Gasteiger partial charge in [0, 0.05) is 11.6 Å². The molecule has 0 aliphatic heterocycles. The lowest BCUT2D eigenvalue weighted by molar-refractivity contribution is -0.133. The molecule has 0 aromatic heterocycles. The van der Waals surface area contributed by atoms with Crippen molar-refractivity contribution in [3.05, 3.63) is 53.6 Å². The van der Waals surface area contributed by atoms with Crippen LogP contribution in [0, 0.1) is 6.92 Å². The third-order valence-corrected chi connectivity index (χ3v) is 3.23. The molecule has 0 atom stereocenters. The average molecular weight is 329 g/mol. The van der Waals surface area contributed by atoms with Gasteiger partial charge in [-0.05, 0) is 36.8 Å². The van der Waals surface area contributed by atoms with Crippen molar-refractivity contribution in [3.63, 3.8) is 0 Å². The van der Waals surface area contributed by atoms with Gasteiger partial charge in [-0.25, -0.2) is 4.79 Å². The van der Waals surface area contributed by atoms with E-state index in [-0.39, 0.29) is 6.54 Å². The van der Waals surface area contributed by atoms with E-state index in [0.717, 1.165) is 5.56 Å². The van der Waals surface area contributed by atoms with Gasteiger partial charge in [-0.15, -0.1) is 0 Å². The van der Waals surface area contributed by atoms with Gasteiger partial charge in [-0.3, -0.25) is 4.79 Å². The van der Waals surface area contributed by atoms with Crippen LogP contribution in [0.1, 0.15) is 15.9 Å². The molecule has 2 aromatic rings. The molecule has 0 aliphatic rings. The summed E-state index contributed by atoms with van der Waals surface area (Å²) in [4.78, 5) is 24.0. The van der Waals surface area contributed by atoms with E-state index < -0.39 is 11.9 Å². The number of methoxy groups -OCH3 is 2. The Morgan fingerprint density at radius 3 is 2.21 bits per heavy atom. The Hall–Kier alpha value is -3.02. The number of hydrogen-bond acceptors (Lipinski definition) is 5. The molecule has 0 aliphatic carbocycles. The van der Waals surface area contributed by atoms with Gasteiger partial charge in [0.15, 0.2) is 0 Å². The molecular formula is C18H19NO5. The van der Waals surface area contributed by atoms with Gasteiger partial charge in [0.2, 0.25) is 0 Å². The second kappa shape index (κ2) is 8.01. The van der Waals surface area contributed by atoms with Crippen molar-refractivity contribution in [2.75, 3.05) is 20.8 Å². The Morgan fingerprint density at radius 1 is 0.958 bits per heavy atom. The molecule has 0 fully saturated rings. The molecule has 6 nitrogen and oxygen atoms in total. The number of carbonyl (C=O) groups excluding carboxylic acids is 2. The van der Waals surface area contributed by atoms with E-state index in [4.69, 9.17) is 14.2 Å². The molecule has 0 saturated heterocycles. The monoisotopic (exact) mass is 329 g/mol. The third-order valence-electron chi connectivity index (χ3n) is 3.23. The number of amides is 1. The van der Waals surface area contributed by atoms with Crippen LogP contribution in [0.3, 0.4) is 0 Å². The normalized spacial score (nSPS) is 9.96. The summed E-state index contributed by atoms with van der Waals surface area (Å²) < 4.78 is 15.4. The summed E-state index contributed by atoms with van der Waals surface area (Å²) in [6, 6.07) is 11.9. The van der Waals surface area contributed by atoms with Crippen molar-refractivity contribution in [1.29, 1.82) is 0 Å². The zero-order valence-corrected chi connectivity index (χ0v) is 13.8. The van der Waals surface area contributed by atoms with Crippen LogP contribution in [-0.2, 0) is 4.79 Å². The van der Waals surface area contributed by atoms with Gasteiger partial charge in [0.05, 0.1) is 14.2 Å². The van der Waals surface area contributed by atoms with E-state index in [1.54, 1.807) is 36.4 Å². The number of ether oxygens (including phenoxy) is 3. The zero-order chi connectivity index (χ0) is 17.5. The number of carbonyl (C=O) groups is 2. The van der Waals surface area contributed by atoms with Crippen LogP contribution in [0.5, 0.6) is 17.2 Å². The van der Waals surface area contributed by atoms with Gasteiger partial charge < -0.3 is 19.5 Å². The summed E-state index contributed by atoms with van der Waals surface area (Å²) in [7, 11) is 2.99. The van der Waals surface area contributed by atoms with E-state index in [9.17, 15) is 9.59 Å². The number of esters is 1. The highest BCUT2D eigenvalue weighted by atomic mass is 16.5. The fraction of sp³-hybridized carbons (Fsp3) is 0.222. The van der Waals surface area contributed by atoms with Gasteiger partial charge in [-0.1, -0.05) is 12.1 Å². The lowest BCUT2D eigenvalue weighted by Gasteiger charge is -2.09. The molecule has 0 bridgehead atoms. The van der Waals surface area contributed by atoms with Crippen molar-refractivity contribution in [2.24, 2.45) is 0 Å². The Bertz CT molecular complexity index is 720. The number of hydrogen-bond donors (Lipinski definition) is 1. The predicted octanol–water partition coefficient (Wildman–Crippen LogP) is 2.35. The first kappa shape index (κ1) is 17.3. The van der Waals surface area contributed by atoms with Crippen molar-refractivity contribution < 1.29 is 23.8 Å². The molecule has 0 radical (unpaired) electrons. The maximum Gasteiger partial charge on any atom is 0.330 e. The second-order valence-electron chi connectivity index (χ2n) is 5.07. The average Bonchev–Trinajstić information content (AvgIpc) is 2.59. The maximum absolute atomic E-state index is 12.2. The summed E-state index contributed by atoms with van der Waals surface area (Å²) in [5, 5.41) is 2.51. The Kier molecular flexibility index (Phi) is 5.78. The minimum Gasteiger partial charge on any atom is -0.497 e. The molecule has 24 heavy (non-hydrogen) atoms. The van der Waals surface area contributed by atoms with Gasteiger partial charge in [-0.2, -0.15) is 0 Å². The van der Waals surface area contributed by atoms with E-state index >= 15 is 0 Å². The van der Waals surface area contributed by atoms with Crippen molar-refractivity contribution in [3.8, 4) is 17.2 Å². The zero-order valence-electron chi connectivity index (χ0n) is 13.8. The Labute approximate surface area is 140 Å². The quantitative estimate of drug-likeness (QED) is 0.650. The maximum atomic E-state index is 12.2. The minimum absolute atomic E-state index is 0.244. The van der Waals surface area contributed by atoms with E-state index in [0.29, 0.717) is 22.8 Å². The highest BCUT2D eigenvalue weighted by Gasteiger charge is 2.12. The molecule has 0 spiro atoms. The smallest absolute Gasteiger partial charge is 0.330 e. The molecule has 0 heterocycles. The van der Waals surface area contributed by atoms with Crippen LogP contribution in [0.4, 0.5) is 0 Å². The molecule has 6 heteroatoms. The SMILES string of the molecule is COc1cc(OC)cc(C(=O)NCC(=O)Oc2cccc(C)c2)c1. The largest absolute Gasteiger partial charge is 0.497 e. The van der Waals surface area contributed by atoms with Crippen molar-refractivity contribution >= 4 is 11.9 Å². The second-order valence-corrected chi connectivity index (χ2v) is 5.07. The molecule has 1 amide bonds. The van der Waals surface area contributed by atoms with Gasteiger partial charge >= 0.3 is 5.97 Å². The minimum atomic E-state index is -0.552. The fourth-order valence-corrected chi connectivity index (χ4v) is 2.04. The highest BCUT2D eigenvalue weighted by Crippen LogP contribution is 2.22. The molecule has 126 valence electrons. The number of nitrogens with one attached hydrogen (secondary N) is 1. The summed E-state index contributed by atoms with van der Waals surface area (Å²) in [5.74, 6) is 0.443. The summed E-state index contributed by atoms with van der Waals surface area (Å²) in [6.07, 6.45) is 0. The predicted molar refractivity (Wildman–Crippen MR) is 88.7 cm³/mol. The highest BCUT2D eigenvalue weighted by molar-refractivity contribution is 5.96. The molecule has 0 saturated carbocycles. The Balaban J connectivity index is 1.96. The molecule has 0 unspecified atom stereocenters. The van der Waals surface area contributed by atoms with Crippen LogP contribution < -0.4 is 19.5 Å². The first-order valence-corrected chi connectivity index (χ1v) is 7.30. The summed E-state index contributed by atoms with van der Waals surface area (Å²) >= 11 is 0. The third kappa shape index (κ3) is 4.74. The first-order valence-electron chi connectivity index (χ1n) is 7.30. The fourth-order valence-electron chi connectivity index (χ4n) is 2.04. The Morgan fingerprint density at radius 2 is 1.62 bits per heavy atom. The number of rotatable bonds is 6. The van der Waals surface area contributed by atoms with Gasteiger partial charge in [0.25, 0.3) is 5.91 Å². The molecule has 2 aromatic carbocycles. The van der Waals surface area contributed by atoms with Crippen LogP contribution in [0.15, 0.2) is 42.5 Å². The van der Waals surface area contributed by atoms with Crippen LogP contribution in [0.25, 0.3) is 0 Å². The lowest BCUT2D eigenvalue weighted by atomic mass is 10.2. The van der Waals surface area contributed by atoms with Crippen LogP contribution >= 0.6 is 0 Å². The lowest BCUT2D eigenvalue weighted by Crippen LogP contribution is -2.31. The number of aryl methyl sites for hydroxylation is 1. The topological polar surface area (TPSA) is 73.9 Å². The van der Waals surface area contributed by atoms with Crippen molar-refractivity contribution in [1.82, 2.24) is 5.32 Å². The van der Waals surface area contributed by atoms with Crippen molar-refractivity contribution in [2.45, 2.75) is 6.92 Å². The first-order chi connectivity index (χ1) is 11.5. The molecular weight excluding hydrogens is 310 g/mol. The molecule has 2 rings (SSSR count).